The van der Waals surface area contributed by atoms with E-state index in [1.165, 1.54) is 6.07 Å². The SMILES string of the molecule is Cc1cc(-c2ccccc2O)oc(=O)c1C#N. The monoisotopic (exact) mass is 227 g/mol. The fraction of sp³-hybridized carbons (Fsp3) is 0.0769. The summed E-state index contributed by atoms with van der Waals surface area (Å²) < 4.78 is 5.01. The summed E-state index contributed by atoms with van der Waals surface area (Å²) in [7, 11) is 0. The smallest absolute Gasteiger partial charge is 0.354 e. The minimum absolute atomic E-state index is 0.0100. The molecule has 1 aromatic heterocycles. The highest BCUT2D eigenvalue weighted by Gasteiger charge is 2.11. The first-order chi connectivity index (χ1) is 8.13. The van der Waals surface area contributed by atoms with Crippen molar-refractivity contribution in [3.63, 3.8) is 0 Å². The first kappa shape index (κ1) is 11.0. The lowest BCUT2D eigenvalue weighted by Gasteiger charge is -2.04. The largest absolute Gasteiger partial charge is 0.507 e. The minimum atomic E-state index is -0.689. The maximum Gasteiger partial charge on any atom is 0.354 e. The molecule has 0 bridgehead atoms. The number of phenols is 1. The predicted octanol–water partition coefficient (Wildman–Crippen LogP) is 2.19. The van der Waals surface area contributed by atoms with E-state index in [1.54, 1.807) is 37.3 Å². The van der Waals surface area contributed by atoms with Crippen molar-refractivity contribution in [2.45, 2.75) is 6.92 Å². The molecule has 2 rings (SSSR count). The average Bonchev–Trinajstić information content (AvgIpc) is 2.29. The van der Waals surface area contributed by atoms with Crippen LogP contribution in [0.2, 0.25) is 0 Å². The minimum Gasteiger partial charge on any atom is -0.507 e. The third-order valence-corrected chi connectivity index (χ3v) is 2.43. The van der Waals surface area contributed by atoms with Crippen LogP contribution in [0, 0.1) is 18.3 Å². The summed E-state index contributed by atoms with van der Waals surface area (Å²) >= 11 is 0. The van der Waals surface area contributed by atoms with Gasteiger partial charge in [0.1, 0.15) is 23.1 Å². The Hall–Kier alpha value is -2.54. The number of hydrogen-bond donors (Lipinski definition) is 1. The molecule has 0 unspecified atom stereocenters. The Kier molecular flexibility index (Phi) is 2.67. The lowest BCUT2D eigenvalue weighted by atomic mass is 10.1. The highest BCUT2D eigenvalue weighted by atomic mass is 16.4. The topological polar surface area (TPSA) is 74.2 Å². The Morgan fingerprint density at radius 3 is 2.65 bits per heavy atom. The Morgan fingerprint density at radius 2 is 2.06 bits per heavy atom. The maximum atomic E-state index is 11.5. The van der Waals surface area contributed by atoms with E-state index in [1.807, 2.05) is 0 Å². The molecule has 0 radical (unpaired) electrons. The molecule has 0 atom stereocenters. The molecule has 1 heterocycles. The Morgan fingerprint density at radius 1 is 1.35 bits per heavy atom. The van der Waals surface area contributed by atoms with E-state index >= 15 is 0 Å². The number of benzene rings is 1. The zero-order valence-corrected chi connectivity index (χ0v) is 9.10. The number of para-hydroxylation sites is 1. The molecule has 0 saturated carbocycles. The molecule has 0 fully saturated rings. The Labute approximate surface area is 97.4 Å². The van der Waals surface area contributed by atoms with Gasteiger partial charge >= 0.3 is 5.63 Å². The van der Waals surface area contributed by atoms with Crippen molar-refractivity contribution in [1.29, 1.82) is 5.26 Å². The molecule has 1 N–H and O–H groups in total. The van der Waals surface area contributed by atoms with Crippen LogP contribution in [-0.4, -0.2) is 5.11 Å². The zero-order chi connectivity index (χ0) is 12.4. The number of aryl methyl sites for hydroxylation is 1. The zero-order valence-electron chi connectivity index (χ0n) is 9.10. The second-order valence-corrected chi connectivity index (χ2v) is 3.59. The van der Waals surface area contributed by atoms with Gasteiger partial charge in [-0.2, -0.15) is 5.26 Å². The van der Waals surface area contributed by atoms with Crippen LogP contribution in [0.3, 0.4) is 0 Å². The van der Waals surface area contributed by atoms with Crippen LogP contribution in [0.5, 0.6) is 5.75 Å². The van der Waals surface area contributed by atoms with E-state index in [2.05, 4.69) is 0 Å². The van der Waals surface area contributed by atoms with Crippen LogP contribution >= 0.6 is 0 Å². The quantitative estimate of drug-likeness (QED) is 0.810. The van der Waals surface area contributed by atoms with Crippen molar-refractivity contribution in [2.75, 3.05) is 0 Å². The van der Waals surface area contributed by atoms with Crippen LogP contribution in [0.25, 0.3) is 11.3 Å². The second kappa shape index (κ2) is 4.14. The van der Waals surface area contributed by atoms with Gasteiger partial charge in [-0.25, -0.2) is 4.79 Å². The van der Waals surface area contributed by atoms with Crippen LogP contribution in [0.4, 0.5) is 0 Å². The van der Waals surface area contributed by atoms with E-state index in [0.29, 0.717) is 11.1 Å². The summed E-state index contributed by atoms with van der Waals surface area (Å²) in [5, 5.41) is 18.4. The third kappa shape index (κ3) is 1.91. The summed E-state index contributed by atoms with van der Waals surface area (Å²) in [4.78, 5) is 11.5. The van der Waals surface area contributed by atoms with Gasteiger partial charge in [0.2, 0.25) is 0 Å². The van der Waals surface area contributed by atoms with Crippen molar-refractivity contribution in [1.82, 2.24) is 0 Å². The van der Waals surface area contributed by atoms with Gasteiger partial charge in [-0.05, 0) is 30.7 Å². The molecule has 0 amide bonds. The predicted molar refractivity (Wildman–Crippen MR) is 61.5 cm³/mol. The van der Waals surface area contributed by atoms with Gasteiger partial charge in [0.15, 0.2) is 0 Å². The van der Waals surface area contributed by atoms with Crippen molar-refractivity contribution in [2.24, 2.45) is 0 Å². The molecule has 4 nitrogen and oxygen atoms in total. The molecule has 0 spiro atoms. The summed E-state index contributed by atoms with van der Waals surface area (Å²) in [6.07, 6.45) is 0. The summed E-state index contributed by atoms with van der Waals surface area (Å²) in [5.41, 5.74) is 0.258. The standard InChI is InChI=1S/C13H9NO3/c1-8-6-12(17-13(16)10(8)7-14)9-4-2-3-5-11(9)15/h2-6,15H,1H3. The molecule has 4 heteroatoms. The highest BCUT2D eigenvalue weighted by Crippen LogP contribution is 2.28. The first-order valence-corrected chi connectivity index (χ1v) is 4.96. The molecule has 0 saturated heterocycles. The van der Waals surface area contributed by atoms with Gasteiger partial charge in [0.25, 0.3) is 0 Å². The number of rotatable bonds is 1. The fourth-order valence-electron chi connectivity index (χ4n) is 1.56. The molecule has 0 aliphatic heterocycles. The van der Waals surface area contributed by atoms with E-state index in [-0.39, 0.29) is 17.1 Å². The van der Waals surface area contributed by atoms with Crippen molar-refractivity contribution < 1.29 is 9.52 Å². The fourth-order valence-corrected chi connectivity index (χ4v) is 1.56. The van der Waals surface area contributed by atoms with E-state index < -0.39 is 5.63 Å². The highest BCUT2D eigenvalue weighted by molar-refractivity contribution is 5.65. The first-order valence-electron chi connectivity index (χ1n) is 4.96. The van der Waals surface area contributed by atoms with Gasteiger partial charge in [-0.15, -0.1) is 0 Å². The molecular weight excluding hydrogens is 218 g/mol. The number of phenolic OH excluding ortho intramolecular Hbond substituents is 1. The van der Waals surface area contributed by atoms with Crippen LogP contribution in [0.1, 0.15) is 11.1 Å². The Bertz CT molecular complexity index is 665. The number of nitriles is 1. The number of nitrogens with zero attached hydrogens (tertiary/aromatic N) is 1. The van der Waals surface area contributed by atoms with Gasteiger partial charge in [-0.1, -0.05) is 12.1 Å². The van der Waals surface area contributed by atoms with Gasteiger partial charge < -0.3 is 9.52 Å². The molecule has 2 aromatic rings. The second-order valence-electron chi connectivity index (χ2n) is 3.59. The van der Waals surface area contributed by atoms with E-state index in [0.717, 1.165) is 0 Å². The summed E-state index contributed by atoms with van der Waals surface area (Å²) in [6.45, 7) is 1.65. The lowest BCUT2D eigenvalue weighted by Crippen LogP contribution is -2.06. The molecule has 84 valence electrons. The number of hydrogen-bond acceptors (Lipinski definition) is 4. The average molecular weight is 227 g/mol. The van der Waals surface area contributed by atoms with Crippen LogP contribution in [-0.2, 0) is 0 Å². The van der Waals surface area contributed by atoms with Crippen molar-refractivity contribution in [3.05, 3.63) is 51.9 Å². The van der Waals surface area contributed by atoms with Crippen molar-refractivity contribution in [3.8, 4) is 23.1 Å². The van der Waals surface area contributed by atoms with Gasteiger partial charge in [0.05, 0.1) is 5.56 Å². The Balaban J connectivity index is 2.68. The van der Waals surface area contributed by atoms with Crippen LogP contribution in [0.15, 0.2) is 39.5 Å². The van der Waals surface area contributed by atoms with Crippen LogP contribution < -0.4 is 5.63 Å². The molecular formula is C13H9NO3. The maximum absolute atomic E-state index is 11.5. The normalized spacial score (nSPS) is 9.88. The molecule has 1 aromatic carbocycles. The molecule has 17 heavy (non-hydrogen) atoms. The molecule has 0 aliphatic carbocycles. The van der Waals surface area contributed by atoms with E-state index in [9.17, 15) is 9.90 Å². The van der Waals surface area contributed by atoms with E-state index in [4.69, 9.17) is 9.68 Å². The summed E-state index contributed by atoms with van der Waals surface area (Å²) in [6, 6.07) is 9.89. The third-order valence-electron chi connectivity index (χ3n) is 2.43. The van der Waals surface area contributed by atoms with Crippen molar-refractivity contribution >= 4 is 0 Å². The van der Waals surface area contributed by atoms with Gasteiger partial charge in [0, 0.05) is 0 Å². The lowest BCUT2D eigenvalue weighted by molar-refractivity contribution is 0.469. The summed E-state index contributed by atoms with van der Waals surface area (Å²) in [5.74, 6) is 0.282. The molecule has 0 aliphatic rings. The number of aromatic hydroxyl groups is 1. The van der Waals surface area contributed by atoms with Gasteiger partial charge in [-0.3, -0.25) is 0 Å².